The van der Waals surface area contributed by atoms with Crippen molar-refractivity contribution in [3.8, 4) is 0 Å². The number of rotatable bonds is 4. The molecule has 30 heavy (non-hydrogen) atoms. The van der Waals surface area contributed by atoms with Gasteiger partial charge in [0.1, 0.15) is 0 Å². The first-order valence-corrected chi connectivity index (χ1v) is 9.73. The molecule has 0 radical (unpaired) electrons. The number of amides is 3. The zero-order chi connectivity index (χ0) is 20.9. The highest BCUT2D eigenvalue weighted by atomic mass is 16.3. The van der Waals surface area contributed by atoms with Crippen LogP contribution < -0.4 is 15.5 Å². The lowest BCUT2D eigenvalue weighted by atomic mass is 10.0. The Bertz CT molecular complexity index is 1060. The van der Waals surface area contributed by atoms with Crippen LogP contribution >= 0.6 is 0 Å². The van der Waals surface area contributed by atoms with Gasteiger partial charge in [0.15, 0.2) is 5.76 Å². The number of nitrogens with one attached hydrogen (secondary N) is 2. The summed E-state index contributed by atoms with van der Waals surface area (Å²) in [5.74, 6) is -1.34. The fourth-order valence-corrected chi connectivity index (χ4v) is 3.47. The summed E-state index contributed by atoms with van der Waals surface area (Å²) < 4.78 is 5.23. The van der Waals surface area contributed by atoms with Crippen molar-refractivity contribution in [3.05, 3.63) is 83.8 Å². The van der Waals surface area contributed by atoms with Crippen LogP contribution in [0.1, 0.15) is 28.1 Å². The number of nitrogens with zero attached hydrogens (tertiary/aromatic N) is 1. The summed E-state index contributed by atoms with van der Waals surface area (Å²) in [6, 6.07) is 18.0. The lowest BCUT2D eigenvalue weighted by Gasteiger charge is -2.29. The van der Waals surface area contributed by atoms with Gasteiger partial charge in [-0.25, -0.2) is 0 Å². The summed E-state index contributed by atoms with van der Waals surface area (Å²) in [7, 11) is 0. The molecular weight excluding hydrogens is 382 g/mol. The molecule has 2 N–H and O–H groups in total. The van der Waals surface area contributed by atoms with Gasteiger partial charge in [0, 0.05) is 24.5 Å². The van der Waals surface area contributed by atoms with Crippen LogP contribution in [0.4, 0.5) is 11.4 Å². The van der Waals surface area contributed by atoms with Gasteiger partial charge in [0.2, 0.25) is 0 Å². The van der Waals surface area contributed by atoms with Gasteiger partial charge >= 0.3 is 11.8 Å². The molecule has 4 rings (SSSR count). The molecular formula is C23H21N3O4. The van der Waals surface area contributed by atoms with E-state index in [4.69, 9.17) is 4.42 Å². The van der Waals surface area contributed by atoms with E-state index in [1.165, 1.54) is 6.26 Å². The Hall–Kier alpha value is -3.87. The second-order valence-electron chi connectivity index (χ2n) is 7.00. The summed E-state index contributed by atoms with van der Waals surface area (Å²) >= 11 is 0. The van der Waals surface area contributed by atoms with Crippen molar-refractivity contribution in [3.63, 3.8) is 0 Å². The molecule has 1 aliphatic rings. The van der Waals surface area contributed by atoms with Crippen LogP contribution in [-0.2, 0) is 22.6 Å². The van der Waals surface area contributed by atoms with E-state index in [1.54, 1.807) is 35.2 Å². The average Bonchev–Trinajstić information content (AvgIpc) is 3.32. The Labute approximate surface area is 173 Å². The minimum absolute atomic E-state index is 0.196. The zero-order valence-electron chi connectivity index (χ0n) is 16.3. The van der Waals surface area contributed by atoms with Crippen molar-refractivity contribution >= 4 is 29.1 Å². The summed E-state index contributed by atoms with van der Waals surface area (Å²) in [5, 5.41) is 5.23. The third-order valence-electron chi connectivity index (χ3n) is 4.94. The second kappa shape index (κ2) is 8.65. The van der Waals surface area contributed by atoms with Gasteiger partial charge in [-0.15, -0.1) is 0 Å². The summed E-state index contributed by atoms with van der Waals surface area (Å²) in [6.45, 7) is 0.876. The highest BCUT2D eigenvalue weighted by molar-refractivity contribution is 6.39. The summed E-state index contributed by atoms with van der Waals surface area (Å²) in [4.78, 5) is 38.7. The van der Waals surface area contributed by atoms with Gasteiger partial charge in [-0.05, 0) is 54.3 Å². The van der Waals surface area contributed by atoms with Crippen LogP contribution in [0.5, 0.6) is 0 Å². The van der Waals surface area contributed by atoms with Crippen molar-refractivity contribution in [2.45, 2.75) is 19.4 Å². The normalized spacial score (nSPS) is 12.7. The predicted molar refractivity (Wildman–Crippen MR) is 112 cm³/mol. The molecule has 1 aliphatic heterocycles. The van der Waals surface area contributed by atoms with Crippen molar-refractivity contribution < 1.29 is 18.8 Å². The van der Waals surface area contributed by atoms with E-state index in [1.807, 2.05) is 30.3 Å². The average molecular weight is 403 g/mol. The van der Waals surface area contributed by atoms with E-state index in [0.29, 0.717) is 12.2 Å². The quantitative estimate of drug-likeness (QED) is 0.655. The molecule has 0 unspecified atom stereocenters. The molecule has 3 aromatic rings. The van der Waals surface area contributed by atoms with Crippen molar-refractivity contribution in [2.75, 3.05) is 16.8 Å². The van der Waals surface area contributed by atoms with Crippen LogP contribution in [-0.4, -0.2) is 24.3 Å². The highest BCUT2D eigenvalue weighted by Crippen LogP contribution is 2.31. The molecule has 0 atom stereocenters. The monoisotopic (exact) mass is 403 g/mol. The van der Waals surface area contributed by atoms with Crippen LogP contribution in [0.2, 0.25) is 0 Å². The standard InChI is InChI=1S/C23H21N3O4/c27-21(24-15-16-6-2-1-3-7-16)22(28)25-18-10-11-19-17(14-18)8-4-12-26(19)23(29)20-9-5-13-30-20/h1-3,5-7,9-11,13-14H,4,8,12,15H2,(H,24,27)(H,25,28). The Morgan fingerprint density at radius 1 is 0.967 bits per heavy atom. The zero-order valence-corrected chi connectivity index (χ0v) is 16.3. The number of hydrogen-bond donors (Lipinski definition) is 2. The van der Waals surface area contributed by atoms with Gasteiger partial charge in [-0.2, -0.15) is 0 Å². The molecule has 1 aromatic heterocycles. The van der Waals surface area contributed by atoms with Crippen molar-refractivity contribution in [2.24, 2.45) is 0 Å². The molecule has 3 amide bonds. The number of aryl methyl sites for hydroxylation is 1. The molecule has 7 nitrogen and oxygen atoms in total. The number of anilines is 2. The van der Waals surface area contributed by atoms with Crippen molar-refractivity contribution in [1.29, 1.82) is 0 Å². The van der Waals surface area contributed by atoms with Gasteiger partial charge in [-0.3, -0.25) is 14.4 Å². The molecule has 152 valence electrons. The number of furan rings is 1. The number of fused-ring (bicyclic) bond motifs is 1. The Balaban J connectivity index is 1.41. The maximum Gasteiger partial charge on any atom is 0.313 e. The smallest absolute Gasteiger partial charge is 0.313 e. The van der Waals surface area contributed by atoms with E-state index in [-0.39, 0.29) is 18.2 Å². The minimum atomic E-state index is -0.731. The van der Waals surface area contributed by atoms with Gasteiger partial charge in [0.25, 0.3) is 5.91 Å². The largest absolute Gasteiger partial charge is 0.459 e. The van der Waals surface area contributed by atoms with Crippen molar-refractivity contribution in [1.82, 2.24) is 5.32 Å². The summed E-state index contributed by atoms with van der Waals surface area (Å²) in [5.41, 5.74) is 3.15. The molecule has 0 spiro atoms. The number of carbonyl (C=O) groups is 3. The molecule has 0 fully saturated rings. The third kappa shape index (κ3) is 4.25. The molecule has 2 aromatic carbocycles. The highest BCUT2D eigenvalue weighted by Gasteiger charge is 2.25. The molecule has 7 heteroatoms. The number of benzene rings is 2. The fraction of sp³-hybridized carbons (Fsp3) is 0.174. The van der Waals surface area contributed by atoms with Crippen LogP contribution in [0.15, 0.2) is 71.3 Å². The molecule has 0 bridgehead atoms. The van der Waals surface area contributed by atoms with Crippen LogP contribution in [0, 0.1) is 0 Å². The topological polar surface area (TPSA) is 91.7 Å². The third-order valence-corrected chi connectivity index (χ3v) is 4.94. The van der Waals surface area contributed by atoms with Crippen LogP contribution in [0.3, 0.4) is 0 Å². The lowest BCUT2D eigenvalue weighted by molar-refractivity contribution is -0.136. The molecule has 2 heterocycles. The first-order valence-electron chi connectivity index (χ1n) is 9.73. The van der Waals surface area contributed by atoms with E-state index in [0.717, 1.165) is 29.7 Å². The van der Waals surface area contributed by atoms with Crippen LogP contribution in [0.25, 0.3) is 0 Å². The molecule has 0 saturated carbocycles. The Kier molecular flexibility index (Phi) is 5.61. The lowest BCUT2D eigenvalue weighted by Crippen LogP contribution is -2.36. The maximum absolute atomic E-state index is 12.7. The summed E-state index contributed by atoms with van der Waals surface area (Å²) in [6.07, 6.45) is 3.05. The first kappa shape index (κ1) is 19.4. The van der Waals surface area contributed by atoms with E-state index < -0.39 is 11.8 Å². The minimum Gasteiger partial charge on any atom is -0.459 e. The van der Waals surface area contributed by atoms with Gasteiger partial charge in [0.05, 0.1) is 6.26 Å². The predicted octanol–water partition coefficient (Wildman–Crippen LogP) is 3.13. The van der Waals surface area contributed by atoms with E-state index >= 15 is 0 Å². The van der Waals surface area contributed by atoms with E-state index in [2.05, 4.69) is 10.6 Å². The molecule has 0 saturated heterocycles. The molecule has 0 aliphatic carbocycles. The SMILES string of the molecule is O=C(NCc1ccccc1)C(=O)Nc1ccc2c(c1)CCCN2C(=O)c1ccco1. The first-order chi connectivity index (χ1) is 14.6. The maximum atomic E-state index is 12.7. The fourth-order valence-electron chi connectivity index (χ4n) is 3.47. The van der Waals surface area contributed by atoms with Gasteiger partial charge < -0.3 is 20.0 Å². The Morgan fingerprint density at radius 2 is 1.80 bits per heavy atom. The Morgan fingerprint density at radius 3 is 2.57 bits per heavy atom. The number of hydrogen-bond acceptors (Lipinski definition) is 4. The van der Waals surface area contributed by atoms with E-state index in [9.17, 15) is 14.4 Å². The number of carbonyl (C=O) groups excluding carboxylic acids is 3. The van der Waals surface area contributed by atoms with Gasteiger partial charge in [-0.1, -0.05) is 30.3 Å². The second-order valence-corrected chi connectivity index (χ2v) is 7.00.